The number of allylic oxidation sites excluding steroid dienone is 2. The SMILES string of the molecule is C=C/C=C(\C=C)CNC(C)C.CCCC1CCc2c(O)c(O)c(=O)cc(C)c2C1. The Balaban J connectivity index is 0.000000331. The van der Waals surface area contributed by atoms with Gasteiger partial charge in [-0.05, 0) is 54.9 Å². The Morgan fingerprint density at radius 1 is 1.28 bits per heavy atom. The molecule has 0 spiro atoms. The van der Waals surface area contributed by atoms with Crippen molar-refractivity contribution in [1.29, 1.82) is 0 Å². The molecule has 1 aromatic rings. The molecule has 0 radical (unpaired) electrons. The van der Waals surface area contributed by atoms with E-state index in [1.807, 2.05) is 19.1 Å². The summed E-state index contributed by atoms with van der Waals surface area (Å²) in [5.41, 5.74) is 3.38. The fraction of sp³-hybridized carbons (Fsp3) is 0.480. The molecule has 0 amide bonds. The molecule has 0 aromatic heterocycles. The van der Waals surface area contributed by atoms with Crippen molar-refractivity contribution in [1.82, 2.24) is 5.32 Å². The summed E-state index contributed by atoms with van der Waals surface area (Å²) in [6, 6.07) is 1.95. The van der Waals surface area contributed by atoms with Gasteiger partial charge >= 0.3 is 0 Å². The second kappa shape index (κ2) is 12.3. The molecule has 0 bridgehead atoms. The predicted octanol–water partition coefficient (Wildman–Crippen LogP) is 4.95. The Morgan fingerprint density at radius 3 is 2.52 bits per heavy atom. The molecule has 0 aliphatic heterocycles. The third-order valence-corrected chi connectivity index (χ3v) is 5.23. The van der Waals surface area contributed by atoms with Crippen molar-refractivity contribution in [3.63, 3.8) is 0 Å². The molecule has 3 N–H and O–H groups in total. The lowest BCUT2D eigenvalue weighted by Crippen LogP contribution is -2.24. The van der Waals surface area contributed by atoms with Gasteiger partial charge in [0, 0.05) is 18.2 Å². The van der Waals surface area contributed by atoms with E-state index in [-0.39, 0.29) is 5.75 Å². The first-order valence-corrected chi connectivity index (χ1v) is 10.5. The zero-order valence-corrected chi connectivity index (χ0v) is 18.4. The van der Waals surface area contributed by atoms with E-state index < -0.39 is 11.2 Å². The van der Waals surface area contributed by atoms with Crippen LogP contribution in [0.4, 0.5) is 0 Å². The average molecular weight is 400 g/mol. The van der Waals surface area contributed by atoms with Gasteiger partial charge in [0.1, 0.15) is 0 Å². The molecular weight excluding hydrogens is 362 g/mol. The molecule has 0 fully saturated rings. The third kappa shape index (κ3) is 7.54. The minimum Gasteiger partial charge on any atom is -0.504 e. The van der Waals surface area contributed by atoms with Gasteiger partial charge < -0.3 is 15.5 Å². The van der Waals surface area contributed by atoms with Crippen molar-refractivity contribution < 1.29 is 10.2 Å². The van der Waals surface area contributed by atoms with Crippen LogP contribution >= 0.6 is 0 Å². The molecule has 0 heterocycles. The van der Waals surface area contributed by atoms with Crippen LogP contribution < -0.4 is 10.7 Å². The summed E-state index contributed by atoms with van der Waals surface area (Å²) in [7, 11) is 0. The van der Waals surface area contributed by atoms with Gasteiger partial charge in [0.25, 0.3) is 0 Å². The van der Waals surface area contributed by atoms with E-state index in [4.69, 9.17) is 0 Å². The maximum atomic E-state index is 11.6. The molecule has 0 saturated heterocycles. The zero-order valence-electron chi connectivity index (χ0n) is 18.4. The topological polar surface area (TPSA) is 69.6 Å². The van der Waals surface area contributed by atoms with E-state index in [0.717, 1.165) is 48.9 Å². The number of hydrogen-bond acceptors (Lipinski definition) is 4. The van der Waals surface area contributed by atoms with E-state index in [1.165, 1.54) is 18.1 Å². The van der Waals surface area contributed by atoms with Crippen LogP contribution in [-0.2, 0) is 12.8 Å². The average Bonchev–Trinajstić information content (AvgIpc) is 2.77. The lowest BCUT2D eigenvalue weighted by atomic mass is 9.81. The number of hydrogen-bond donors (Lipinski definition) is 3. The van der Waals surface area contributed by atoms with Crippen molar-refractivity contribution in [2.75, 3.05) is 6.54 Å². The standard InChI is InChI=1S/C15H20O3.C10H17N/c1-3-4-10-5-6-11-12(8-10)9(2)7-13(16)15(18)14(11)17;1-5-7-10(6-2)8-11-9(3)4/h7,10H,3-6,8H2,1-2H3,(H2,16,17,18);5-7,9,11H,1-2,8H2,3-4H3/b;10-7+. The number of nitrogens with one attached hydrogen (secondary N) is 1. The van der Waals surface area contributed by atoms with Gasteiger partial charge in [-0.3, -0.25) is 4.79 Å². The molecule has 29 heavy (non-hydrogen) atoms. The number of aryl methyl sites for hydroxylation is 1. The minimum atomic E-state index is -0.506. The summed E-state index contributed by atoms with van der Waals surface area (Å²) in [6.07, 6.45) is 10.6. The van der Waals surface area contributed by atoms with Gasteiger partial charge in [-0.15, -0.1) is 0 Å². The number of rotatable bonds is 7. The second-order valence-electron chi connectivity index (χ2n) is 7.96. The van der Waals surface area contributed by atoms with Crippen LogP contribution in [0.2, 0.25) is 0 Å². The quantitative estimate of drug-likeness (QED) is 0.567. The first-order valence-electron chi connectivity index (χ1n) is 10.5. The summed E-state index contributed by atoms with van der Waals surface area (Å²) in [5.74, 6) is -0.0911. The summed E-state index contributed by atoms with van der Waals surface area (Å²) in [5, 5.41) is 22.9. The van der Waals surface area contributed by atoms with Crippen molar-refractivity contribution >= 4 is 0 Å². The monoisotopic (exact) mass is 399 g/mol. The molecule has 1 aliphatic carbocycles. The predicted molar refractivity (Wildman–Crippen MR) is 123 cm³/mol. The lowest BCUT2D eigenvalue weighted by molar-refractivity contribution is 0.381. The van der Waals surface area contributed by atoms with Gasteiger partial charge in [0.2, 0.25) is 11.2 Å². The Hall–Kier alpha value is -2.33. The van der Waals surface area contributed by atoms with Crippen molar-refractivity contribution in [2.24, 2.45) is 5.92 Å². The number of aromatic hydroxyl groups is 2. The van der Waals surface area contributed by atoms with Crippen LogP contribution in [0.25, 0.3) is 0 Å². The molecule has 4 nitrogen and oxygen atoms in total. The maximum Gasteiger partial charge on any atom is 0.224 e. The third-order valence-electron chi connectivity index (χ3n) is 5.23. The van der Waals surface area contributed by atoms with Gasteiger partial charge in [-0.2, -0.15) is 0 Å². The molecule has 1 aromatic carbocycles. The Labute approximate surface area is 175 Å². The molecule has 4 heteroatoms. The highest BCUT2D eigenvalue weighted by atomic mass is 16.3. The zero-order chi connectivity index (χ0) is 22.0. The first-order chi connectivity index (χ1) is 13.7. The van der Waals surface area contributed by atoms with Gasteiger partial charge in [0.05, 0.1) is 0 Å². The summed E-state index contributed by atoms with van der Waals surface area (Å²) in [4.78, 5) is 11.6. The molecule has 2 rings (SSSR count). The molecular formula is C25H37NO3. The molecule has 1 aliphatic rings. The second-order valence-corrected chi connectivity index (χ2v) is 7.96. The van der Waals surface area contributed by atoms with Crippen LogP contribution in [0.1, 0.15) is 56.7 Å². The summed E-state index contributed by atoms with van der Waals surface area (Å²) in [6.45, 7) is 16.5. The fourth-order valence-corrected chi connectivity index (χ4v) is 3.61. The maximum absolute atomic E-state index is 11.6. The van der Waals surface area contributed by atoms with E-state index in [0.29, 0.717) is 12.0 Å². The van der Waals surface area contributed by atoms with Crippen LogP contribution in [0.3, 0.4) is 0 Å². The first kappa shape index (κ1) is 24.7. The highest BCUT2D eigenvalue weighted by Crippen LogP contribution is 2.36. The molecule has 0 saturated carbocycles. The lowest BCUT2D eigenvalue weighted by Gasteiger charge is -2.24. The smallest absolute Gasteiger partial charge is 0.224 e. The van der Waals surface area contributed by atoms with Crippen molar-refractivity contribution in [3.8, 4) is 11.5 Å². The Bertz CT molecular complexity index is 794. The summed E-state index contributed by atoms with van der Waals surface area (Å²) >= 11 is 0. The Morgan fingerprint density at radius 2 is 1.97 bits per heavy atom. The minimum absolute atomic E-state index is 0.210. The van der Waals surface area contributed by atoms with Gasteiger partial charge in [-0.25, -0.2) is 0 Å². The van der Waals surface area contributed by atoms with E-state index in [9.17, 15) is 15.0 Å². The normalized spacial score (nSPS) is 15.9. The largest absolute Gasteiger partial charge is 0.504 e. The van der Waals surface area contributed by atoms with Gasteiger partial charge in [0.15, 0.2) is 5.75 Å². The molecule has 1 unspecified atom stereocenters. The van der Waals surface area contributed by atoms with Crippen molar-refractivity contribution in [3.05, 3.63) is 69.9 Å². The van der Waals surface area contributed by atoms with Crippen LogP contribution in [0.15, 0.2) is 47.8 Å². The molecule has 1 atom stereocenters. The highest BCUT2D eigenvalue weighted by molar-refractivity contribution is 5.50. The Kier molecular flexibility index (Phi) is 10.5. The van der Waals surface area contributed by atoms with E-state index in [2.05, 4.69) is 39.2 Å². The summed E-state index contributed by atoms with van der Waals surface area (Å²) < 4.78 is 0. The van der Waals surface area contributed by atoms with Crippen LogP contribution in [-0.4, -0.2) is 22.8 Å². The van der Waals surface area contributed by atoms with E-state index in [1.54, 1.807) is 6.08 Å². The molecule has 160 valence electrons. The fourth-order valence-electron chi connectivity index (χ4n) is 3.61. The highest BCUT2D eigenvalue weighted by Gasteiger charge is 2.23. The van der Waals surface area contributed by atoms with Crippen LogP contribution in [0, 0.1) is 12.8 Å². The van der Waals surface area contributed by atoms with E-state index >= 15 is 0 Å². The van der Waals surface area contributed by atoms with Crippen LogP contribution in [0.5, 0.6) is 11.5 Å². The van der Waals surface area contributed by atoms with Crippen molar-refractivity contribution in [2.45, 2.75) is 65.8 Å². The van der Waals surface area contributed by atoms with Gasteiger partial charge in [-0.1, -0.05) is 65.0 Å². The number of fused-ring (bicyclic) bond motifs is 1.